The summed E-state index contributed by atoms with van der Waals surface area (Å²) in [6.45, 7) is 6.91. The van der Waals surface area contributed by atoms with Crippen LogP contribution < -0.4 is 5.32 Å². The quantitative estimate of drug-likeness (QED) is 0.734. The molecule has 0 aromatic heterocycles. The highest BCUT2D eigenvalue weighted by Gasteiger charge is 2.30. The van der Waals surface area contributed by atoms with Gasteiger partial charge in [-0.1, -0.05) is 20.3 Å². The van der Waals surface area contributed by atoms with Crippen molar-refractivity contribution in [2.24, 2.45) is 0 Å². The van der Waals surface area contributed by atoms with Crippen molar-refractivity contribution in [1.82, 2.24) is 10.2 Å². The maximum Gasteiger partial charge on any atom is 0.237 e. The van der Waals surface area contributed by atoms with E-state index in [0.717, 1.165) is 44.9 Å². The molecule has 4 nitrogen and oxygen atoms in total. The molecule has 0 saturated carbocycles. The topological polar surface area (TPSA) is 49.4 Å². The van der Waals surface area contributed by atoms with Gasteiger partial charge in [-0.3, -0.25) is 9.69 Å². The van der Waals surface area contributed by atoms with E-state index in [1.807, 2.05) is 11.8 Å². The Morgan fingerprint density at radius 3 is 2.61 bits per heavy atom. The SMILES string of the molecule is CCC(CC)NC(=O)C(C)N1CCCCC1C=O. The molecule has 1 N–H and O–H groups in total. The Kier molecular flexibility index (Phi) is 6.33. The summed E-state index contributed by atoms with van der Waals surface area (Å²) < 4.78 is 0. The minimum absolute atomic E-state index is 0.0532. The number of nitrogens with zero attached hydrogens (tertiary/aromatic N) is 1. The summed E-state index contributed by atoms with van der Waals surface area (Å²) in [5, 5.41) is 3.06. The first kappa shape index (κ1) is 15.2. The molecule has 104 valence electrons. The zero-order chi connectivity index (χ0) is 13.5. The minimum Gasteiger partial charge on any atom is -0.352 e. The molecule has 1 fully saturated rings. The fourth-order valence-electron chi connectivity index (χ4n) is 2.57. The van der Waals surface area contributed by atoms with Crippen LogP contribution in [0.3, 0.4) is 0 Å². The van der Waals surface area contributed by atoms with Crippen molar-refractivity contribution in [3.05, 3.63) is 0 Å². The van der Waals surface area contributed by atoms with E-state index >= 15 is 0 Å². The Balaban J connectivity index is 2.58. The van der Waals surface area contributed by atoms with Crippen LogP contribution in [-0.4, -0.2) is 41.8 Å². The Labute approximate surface area is 110 Å². The number of piperidine rings is 1. The molecule has 1 rings (SSSR count). The van der Waals surface area contributed by atoms with E-state index < -0.39 is 0 Å². The van der Waals surface area contributed by atoms with Crippen molar-refractivity contribution in [3.63, 3.8) is 0 Å². The highest BCUT2D eigenvalue weighted by Crippen LogP contribution is 2.18. The molecule has 0 bridgehead atoms. The van der Waals surface area contributed by atoms with Crippen molar-refractivity contribution in [3.8, 4) is 0 Å². The number of amides is 1. The van der Waals surface area contributed by atoms with Crippen molar-refractivity contribution in [2.75, 3.05) is 6.54 Å². The highest BCUT2D eigenvalue weighted by molar-refractivity contribution is 5.82. The highest BCUT2D eigenvalue weighted by atomic mass is 16.2. The maximum absolute atomic E-state index is 12.2. The third kappa shape index (κ3) is 3.80. The van der Waals surface area contributed by atoms with E-state index in [2.05, 4.69) is 19.2 Å². The van der Waals surface area contributed by atoms with E-state index in [0.29, 0.717) is 0 Å². The summed E-state index contributed by atoms with van der Waals surface area (Å²) in [6.07, 6.45) is 5.93. The van der Waals surface area contributed by atoms with Crippen LogP contribution in [0.4, 0.5) is 0 Å². The normalized spacial score (nSPS) is 22.8. The fraction of sp³-hybridized carbons (Fsp3) is 0.857. The first-order valence-electron chi connectivity index (χ1n) is 7.15. The van der Waals surface area contributed by atoms with Gasteiger partial charge < -0.3 is 10.1 Å². The Morgan fingerprint density at radius 1 is 1.39 bits per heavy atom. The molecule has 1 aliphatic heterocycles. The largest absolute Gasteiger partial charge is 0.352 e. The summed E-state index contributed by atoms with van der Waals surface area (Å²) in [6, 6.07) is -0.0401. The molecule has 0 radical (unpaired) electrons. The van der Waals surface area contributed by atoms with Crippen LogP contribution in [0.5, 0.6) is 0 Å². The van der Waals surface area contributed by atoms with Gasteiger partial charge >= 0.3 is 0 Å². The molecule has 0 spiro atoms. The molecule has 0 aromatic rings. The van der Waals surface area contributed by atoms with Crippen LogP contribution in [0.1, 0.15) is 52.9 Å². The van der Waals surface area contributed by atoms with Gasteiger partial charge in [0.1, 0.15) is 6.29 Å². The molecular weight excluding hydrogens is 228 g/mol. The molecule has 1 heterocycles. The molecule has 1 aliphatic rings. The summed E-state index contributed by atoms with van der Waals surface area (Å²) in [5.41, 5.74) is 0. The number of aldehydes is 1. The lowest BCUT2D eigenvalue weighted by Gasteiger charge is -2.36. The van der Waals surface area contributed by atoms with Crippen molar-refractivity contribution in [1.29, 1.82) is 0 Å². The van der Waals surface area contributed by atoms with Crippen LogP contribution in [0.15, 0.2) is 0 Å². The summed E-state index contributed by atoms with van der Waals surface area (Å²) in [5.74, 6) is 0.0532. The van der Waals surface area contributed by atoms with Gasteiger partial charge in [-0.15, -0.1) is 0 Å². The average Bonchev–Trinajstić information content (AvgIpc) is 2.43. The second-order valence-corrected chi connectivity index (χ2v) is 5.14. The van der Waals surface area contributed by atoms with Gasteiger partial charge in [-0.05, 0) is 39.2 Å². The predicted molar refractivity (Wildman–Crippen MR) is 72.4 cm³/mol. The molecule has 0 aliphatic carbocycles. The summed E-state index contributed by atoms with van der Waals surface area (Å²) in [4.78, 5) is 25.3. The first-order valence-corrected chi connectivity index (χ1v) is 7.15. The van der Waals surface area contributed by atoms with Crippen molar-refractivity contribution >= 4 is 12.2 Å². The van der Waals surface area contributed by atoms with E-state index in [1.54, 1.807) is 0 Å². The van der Waals surface area contributed by atoms with Gasteiger partial charge in [0.05, 0.1) is 12.1 Å². The monoisotopic (exact) mass is 254 g/mol. The summed E-state index contributed by atoms with van der Waals surface area (Å²) in [7, 11) is 0. The lowest BCUT2D eigenvalue weighted by atomic mass is 10.0. The number of hydrogen-bond acceptors (Lipinski definition) is 3. The second kappa shape index (κ2) is 7.52. The van der Waals surface area contributed by atoms with E-state index in [1.165, 1.54) is 0 Å². The van der Waals surface area contributed by atoms with Gasteiger partial charge in [0.2, 0.25) is 5.91 Å². The summed E-state index contributed by atoms with van der Waals surface area (Å²) >= 11 is 0. The Morgan fingerprint density at radius 2 is 2.06 bits per heavy atom. The molecule has 1 saturated heterocycles. The van der Waals surface area contributed by atoms with Gasteiger partial charge in [0, 0.05) is 6.04 Å². The lowest BCUT2D eigenvalue weighted by Crippen LogP contribution is -2.53. The second-order valence-electron chi connectivity index (χ2n) is 5.14. The van der Waals surface area contributed by atoms with Gasteiger partial charge in [-0.2, -0.15) is 0 Å². The average molecular weight is 254 g/mol. The molecule has 2 unspecified atom stereocenters. The van der Waals surface area contributed by atoms with Gasteiger partial charge in [-0.25, -0.2) is 0 Å². The van der Waals surface area contributed by atoms with Crippen LogP contribution in [0, 0.1) is 0 Å². The predicted octanol–water partition coefficient (Wildman–Crippen LogP) is 1.73. The molecule has 2 atom stereocenters. The third-order valence-electron chi connectivity index (χ3n) is 3.96. The van der Waals surface area contributed by atoms with Crippen molar-refractivity contribution in [2.45, 2.75) is 71.0 Å². The van der Waals surface area contributed by atoms with E-state index in [4.69, 9.17) is 0 Å². The van der Waals surface area contributed by atoms with Crippen LogP contribution >= 0.6 is 0 Å². The van der Waals surface area contributed by atoms with E-state index in [-0.39, 0.29) is 24.0 Å². The standard InChI is InChI=1S/C14H26N2O2/c1-4-12(5-2)15-14(18)11(3)16-9-7-6-8-13(16)10-17/h10-13H,4-9H2,1-3H3,(H,15,18). The Hall–Kier alpha value is -0.900. The number of carbonyl (C=O) groups is 2. The fourth-order valence-corrected chi connectivity index (χ4v) is 2.57. The minimum atomic E-state index is -0.207. The number of carbonyl (C=O) groups excluding carboxylic acids is 2. The van der Waals surface area contributed by atoms with Crippen LogP contribution in [-0.2, 0) is 9.59 Å². The van der Waals surface area contributed by atoms with Crippen molar-refractivity contribution < 1.29 is 9.59 Å². The van der Waals surface area contributed by atoms with Gasteiger partial charge in [0.25, 0.3) is 0 Å². The smallest absolute Gasteiger partial charge is 0.237 e. The first-order chi connectivity index (χ1) is 8.63. The Bertz CT molecular complexity index is 277. The number of likely N-dealkylation sites (tertiary alicyclic amines) is 1. The molecule has 1 amide bonds. The zero-order valence-corrected chi connectivity index (χ0v) is 11.8. The molecule has 0 aromatic carbocycles. The third-order valence-corrected chi connectivity index (χ3v) is 3.96. The molecular formula is C14H26N2O2. The number of hydrogen-bond donors (Lipinski definition) is 1. The lowest BCUT2D eigenvalue weighted by molar-refractivity contribution is -0.129. The molecule has 18 heavy (non-hydrogen) atoms. The van der Waals surface area contributed by atoms with E-state index in [9.17, 15) is 9.59 Å². The van der Waals surface area contributed by atoms with Gasteiger partial charge in [0.15, 0.2) is 0 Å². The van der Waals surface area contributed by atoms with Crippen LogP contribution in [0.25, 0.3) is 0 Å². The number of rotatable bonds is 6. The molecule has 4 heteroatoms. The maximum atomic E-state index is 12.2. The number of nitrogens with one attached hydrogen (secondary N) is 1. The zero-order valence-electron chi connectivity index (χ0n) is 11.8. The van der Waals surface area contributed by atoms with Crippen LogP contribution in [0.2, 0.25) is 0 Å².